The van der Waals surface area contributed by atoms with Gasteiger partial charge in [0.1, 0.15) is 0 Å². The maximum Gasteiger partial charge on any atom is 0.238 e. The number of nitrogens with zero attached hydrogens (tertiary/aromatic N) is 10. The third-order valence-corrected chi connectivity index (χ3v) is 19.7. The van der Waals surface area contributed by atoms with Crippen LogP contribution in [0, 0.1) is 0 Å². The Morgan fingerprint density at radius 1 is 0.150 bits per heavy atom. The van der Waals surface area contributed by atoms with Crippen molar-refractivity contribution in [2.75, 3.05) is 0 Å². The SMILES string of the molecule is c1ccc(-c2ccc(-n3c4ccccc4c4cc5c(cc43)c3ccccc3n5-c3nc(-c4ccccc4)nc(-c4cccc(-c5cccc(-c6ccc(-c7nc(-c8ccccc8)nc(-n8c9ccccc9c9cc%10c(cc98)c8ccccc8n%10-c8ccccc8)n7)cc6)c5)c4)n3)cc2)cc1. The van der Waals surface area contributed by atoms with Crippen LogP contribution in [-0.4, -0.2) is 48.2 Å². The van der Waals surface area contributed by atoms with E-state index in [4.69, 9.17) is 29.9 Å². The number of hydrogen-bond donors (Lipinski definition) is 0. The minimum atomic E-state index is 0.534. The summed E-state index contributed by atoms with van der Waals surface area (Å²) in [4.78, 5) is 32.0. The third kappa shape index (κ3) is 9.34. The van der Waals surface area contributed by atoms with Gasteiger partial charge in [-0.15, -0.1) is 0 Å². The molecule has 14 aromatic carbocycles. The first kappa shape index (κ1) is 56.6. The van der Waals surface area contributed by atoms with Crippen LogP contribution in [0.4, 0.5) is 0 Å². The van der Waals surface area contributed by atoms with Gasteiger partial charge in [-0.05, 0) is 118 Å². The first-order chi connectivity index (χ1) is 49.6. The van der Waals surface area contributed by atoms with Crippen LogP contribution in [0.2, 0.25) is 0 Å². The molecule has 0 atom stereocenters. The van der Waals surface area contributed by atoms with E-state index >= 15 is 0 Å². The fraction of sp³-hybridized carbons (Fsp3) is 0. The van der Waals surface area contributed by atoms with Gasteiger partial charge in [-0.3, -0.25) is 9.13 Å². The molecule has 10 heteroatoms. The third-order valence-electron chi connectivity index (χ3n) is 19.7. The summed E-state index contributed by atoms with van der Waals surface area (Å²) in [5, 5.41) is 9.06. The van der Waals surface area contributed by atoms with E-state index in [1.807, 2.05) is 36.4 Å². The first-order valence-corrected chi connectivity index (χ1v) is 33.7. The highest BCUT2D eigenvalue weighted by Crippen LogP contribution is 2.43. The van der Waals surface area contributed by atoms with Gasteiger partial charge in [0.05, 0.1) is 44.1 Å². The maximum atomic E-state index is 5.45. The molecule has 10 nitrogen and oxygen atoms in total. The van der Waals surface area contributed by atoms with Crippen molar-refractivity contribution < 1.29 is 0 Å². The van der Waals surface area contributed by atoms with Crippen molar-refractivity contribution in [3.8, 4) is 102 Å². The minimum Gasteiger partial charge on any atom is -0.309 e. The topological polar surface area (TPSA) is 97.1 Å². The molecule has 0 amide bonds. The Labute approximate surface area is 574 Å². The Hall–Kier alpha value is -13.7. The maximum absolute atomic E-state index is 5.45. The van der Waals surface area contributed by atoms with Crippen molar-refractivity contribution >= 4 is 87.2 Å². The molecule has 0 spiro atoms. The van der Waals surface area contributed by atoms with E-state index in [1.165, 1.54) is 16.5 Å². The van der Waals surface area contributed by atoms with E-state index in [9.17, 15) is 0 Å². The van der Waals surface area contributed by atoms with Crippen LogP contribution in [0.15, 0.2) is 340 Å². The van der Waals surface area contributed by atoms with Gasteiger partial charge in [-0.25, -0.2) is 9.97 Å². The van der Waals surface area contributed by atoms with Crippen LogP contribution in [0.25, 0.3) is 189 Å². The second-order valence-corrected chi connectivity index (χ2v) is 25.5. The fourth-order valence-electron chi connectivity index (χ4n) is 15.0. The molecule has 0 saturated carbocycles. The summed E-state index contributed by atoms with van der Waals surface area (Å²) in [5.74, 6) is 3.39. The second kappa shape index (κ2) is 23.0. The van der Waals surface area contributed by atoms with Gasteiger partial charge in [0, 0.05) is 76.7 Å². The Balaban J connectivity index is 0.668. The van der Waals surface area contributed by atoms with Crippen LogP contribution in [0.5, 0.6) is 0 Å². The van der Waals surface area contributed by atoms with Crippen LogP contribution in [-0.2, 0) is 0 Å². The molecule has 6 aromatic heterocycles. The average molecular weight is 1280 g/mol. The molecule has 6 heterocycles. The van der Waals surface area contributed by atoms with Crippen molar-refractivity contribution in [2.45, 2.75) is 0 Å². The van der Waals surface area contributed by atoms with Crippen molar-refractivity contribution in [3.63, 3.8) is 0 Å². The van der Waals surface area contributed by atoms with Gasteiger partial charge in [-0.2, -0.15) is 19.9 Å². The molecule has 100 heavy (non-hydrogen) atoms. The van der Waals surface area contributed by atoms with E-state index in [0.717, 1.165) is 138 Å². The monoisotopic (exact) mass is 1280 g/mol. The first-order valence-electron chi connectivity index (χ1n) is 33.7. The van der Waals surface area contributed by atoms with E-state index in [1.54, 1.807) is 0 Å². The highest BCUT2D eigenvalue weighted by Gasteiger charge is 2.25. The van der Waals surface area contributed by atoms with E-state index in [0.29, 0.717) is 35.2 Å². The number of aromatic nitrogens is 10. The molecule has 20 aromatic rings. The number of rotatable bonds is 11. The quantitative estimate of drug-likeness (QED) is 0.128. The molecule has 0 unspecified atom stereocenters. The fourth-order valence-corrected chi connectivity index (χ4v) is 15.0. The Morgan fingerprint density at radius 2 is 0.410 bits per heavy atom. The molecule has 0 bridgehead atoms. The lowest BCUT2D eigenvalue weighted by Gasteiger charge is -2.12. The molecule has 0 N–H and O–H groups in total. The summed E-state index contributed by atoms with van der Waals surface area (Å²) < 4.78 is 9.19. The summed E-state index contributed by atoms with van der Waals surface area (Å²) in [6.07, 6.45) is 0. The highest BCUT2D eigenvalue weighted by atomic mass is 15.2. The highest BCUT2D eigenvalue weighted by molar-refractivity contribution is 6.20. The lowest BCUT2D eigenvalue weighted by molar-refractivity contribution is 0.953. The van der Waals surface area contributed by atoms with Crippen LogP contribution in [0.1, 0.15) is 0 Å². The lowest BCUT2D eigenvalue weighted by atomic mass is 9.97. The predicted molar refractivity (Wildman–Crippen MR) is 409 cm³/mol. The Morgan fingerprint density at radius 3 is 0.840 bits per heavy atom. The van der Waals surface area contributed by atoms with Crippen molar-refractivity contribution in [1.82, 2.24) is 48.2 Å². The lowest BCUT2D eigenvalue weighted by Crippen LogP contribution is -2.06. The molecule has 0 aliphatic heterocycles. The van der Waals surface area contributed by atoms with Gasteiger partial charge in [0.2, 0.25) is 11.9 Å². The molecule has 0 radical (unpaired) electrons. The molecular formula is C90H56N10. The summed E-state index contributed by atoms with van der Waals surface area (Å²) in [6.45, 7) is 0. The number of hydrogen-bond acceptors (Lipinski definition) is 6. The smallest absolute Gasteiger partial charge is 0.238 e. The number of fused-ring (bicyclic) bond motifs is 12. The summed E-state index contributed by atoms with van der Waals surface area (Å²) in [5.41, 5.74) is 20.9. The molecular weight excluding hydrogens is 1220 g/mol. The molecule has 0 saturated heterocycles. The molecule has 466 valence electrons. The standard InChI is InChI=1S/C90H56N10/c1-5-23-57(24-6-1)58-47-49-68(50-48-58)98-78-40-18-14-36-70(78)74-56-84-76(54-82(74)98)72-38-16-20-42-80(72)100(84)90-94-86(61-27-9-3-10-28-61)92-88(96-90)66-32-22-31-65(52-66)64-30-21-29-63(51-64)59-43-45-62(46-44-59)87-91-85(60-25-7-2-8-26-60)93-89(95-87)99-79-41-19-15-37-71(79)75-53-81-73(55-83(75)99)69-35-13-17-39-77(69)97(81)67-33-11-4-12-34-67/h1-56H. The van der Waals surface area contributed by atoms with E-state index < -0.39 is 0 Å². The Kier molecular flexibility index (Phi) is 13.0. The summed E-state index contributed by atoms with van der Waals surface area (Å²) in [7, 11) is 0. The largest absolute Gasteiger partial charge is 0.309 e. The van der Waals surface area contributed by atoms with Crippen molar-refractivity contribution in [3.05, 3.63) is 340 Å². The summed E-state index contributed by atoms with van der Waals surface area (Å²) >= 11 is 0. The zero-order valence-corrected chi connectivity index (χ0v) is 53.8. The average Bonchev–Trinajstić information content (AvgIpc) is 1.56. The van der Waals surface area contributed by atoms with Crippen LogP contribution in [0.3, 0.4) is 0 Å². The number of benzene rings is 14. The molecule has 0 aliphatic carbocycles. The Bertz CT molecular complexity index is 6610. The molecule has 20 rings (SSSR count). The zero-order chi connectivity index (χ0) is 65.8. The van der Waals surface area contributed by atoms with Crippen molar-refractivity contribution in [1.29, 1.82) is 0 Å². The van der Waals surface area contributed by atoms with Gasteiger partial charge >= 0.3 is 0 Å². The van der Waals surface area contributed by atoms with Gasteiger partial charge in [-0.1, -0.05) is 255 Å². The molecule has 0 aliphatic rings. The van der Waals surface area contributed by atoms with Crippen LogP contribution >= 0.6 is 0 Å². The zero-order valence-electron chi connectivity index (χ0n) is 53.8. The van der Waals surface area contributed by atoms with Crippen molar-refractivity contribution in [2.24, 2.45) is 0 Å². The van der Waals surface area contributed by atoms with E-state index in [-0.39, 0.29) is 0 Å². The summed E-state index contributed by atoms with van der Waals surface area (Å²) in [6, 6.07) is 120. The van der Waals surface area contributed by atoms with Gasteiger partial charge in [0.15, 0.2) is 23.3 Å². The second-order valence-electron chi connectivity index (χ2n) is 25.5. The van der Waals surface area contributed by atoms with E-state index in [2.05, 4.69) is 322 Å². The molecule has 0 fully saturated rings. The normalized spacial score (nSPS) is 11.8. The predicted octanol–water partition coefficient (Wildman–Crippen LogP) is 22.1. The minimum absolute atomic E-state index is 0.534. The van der Waals surface area contributed by atoms with Gasteiger partial charge < -0.3 is 9.13 Å². The van der Waals surface area contributed by atoms with Crippen LogP contribution < -0.4 is 0 Å². The van der Waals surface area contributed by atoms with Gasteiger partial charge in [0.25, 0.3) is 0 Å². The number of para-hydroxylation sites is 5.